The van der Waals surface area contributed by atoms with Crippen LogP contribution in [0.1, 0.15) is 42.2 Å². The minimum atomic E-state index is -4.14. The number of pyridine rings is 1. The Morgan fingerprint density at radius 1 is 1.25 bits per heavy atom. The lowest BCUT2D eigenvalue weighted by Gasteiger charge is -2.40. The van der Waals surface area contributed by atoms with Crippen LogP contribution in [0.4, 0.5) is 13.2 Å². The summed E-state index contributed by atoms with van der Waals surface area (Å²) < 4.78 is 40.9. The van der Waals surface area contributed by atoms with Crippen LogP contribution in [0.2, 0.25) is 0 Å². The van der Waals surface area contributed by atoms with Crippen molar-refractivity contribution < 1.29 is 13.2 Å². The summed E-state index contributed by atoms with van der Waals surface area (Å²) in [6.45, 7) is 6.49. The lowest BCUT2D eigenvalue weighted by Crippen LogP contribution is -2.52. The number of hydrogen-bond donors (Lipinski definition) is 2. The molecule has 1 saturated heterocycles. The molecule has 7 nitrogen and oxygen atoms in total. The van der Waals surface area contributed by atoms with Crippen LogP contribution in [0.5, 0.6) is 0 Å². The molecule has 0 amide bonds. The highest BCUT2D eigenvalue weighted by atomic mass is 19.4. The van der Waals surface area contributed by atoms with Crippen LogP contribution in [0, 0.1) is 12.8 Å². The number of likely N-dealkylation sites (N-methyl/N-ethyl adjacent to an activating group) is 1. The Kier molecular flexibility index (Phi) is 6.78. The largest absolute Gasteiger partial charge is 0.403 e. The number of hydrogen-bond acceptors (Lipinski definition) is 6. The summed E-state index contributed by atoms with van der Waals surface area (Å²) in [4.78, 5) is 11.2. The maximum atomic E-state index is 13.0. The van der Waals surface area contributed by atoms with Crippen molar-refractivity contribution in [3.05, 3.63) is 70.7 Å². The minimum Gasteiger partial charge on any atom is -0.403 e. The van der Waals surface area contributed by atoms with Gasteiger partial charge in [0.25, 0.3) is 0 Å². The molecule has 0 spiro atoms. The standard InChI is InChI=1S/C26H34F3N7/c1-6-21-18(13-36-14-20(15-36)26(27,28)29)9-17-10-19(7-8-22(17)33-21)25(3,23(11-30)35(5)31)24-12-32-16(2)34(24)4/h7-12,20H,6,13-15,30-31H2,1-5H3/b23-11-. The summed E-state index contributed by atoms with van der Waals surface area (Å²) in [5, 5.41) is 2.42. The first kappa shape index (κ1) is 26.0. The number of nitrogens with zero attached hydrogens (tertiary/aromatic N) is 5. The second kappa shape index (κ2) is 9.40. The topological polar surface area (TPSA) is 89.2 Å². The van der Waals surface area contributed by atoms with Crippen molar-refractivity contribution in [3.8, 4) is 0 Å². The molecule has 0 radical (unpaired) electrons. The lowest BCUT2D eigenvalue weighted by molar-refractivity contribution is -0.210. The average Bonchev–Trinajstić information content (AvgIpc) is 3.12. The van der Waals surface area contributed by atoms with E-state index in [0.717, 1.165) is 39.2 Å². The van der Waals surface area contributed by atoms with E-state index in [4.69, 9.17) is 16.6 Å². The minimum absolute atomic E-state index is 0.0239. The number of allylic oxidation sites excluding steroid dienone is 1. The maximum Gasteiger partial charge on any atom is 0.394 e. The van der Waals surface area contributed by atoms with Gasteiger partial charge in [0.1, 0.15) is 5.82 Å². The molecule has 10 heteroatoms. The molecule has 0 aliphatic carbocycles. The van der Waals surface area contributed by atoms with E-state index in [0.29, 0.717) is 18.7 Å². The summed E-state index contributed by atoms with van der Waals surface area (Å²) in [7, 11) is 3.70. The normalized spacial score (nSPS) is 17.3. The van der Waals surface area contributed by atoms with Crippen LogP contribution in [-0.4, -0.2) is 50.8 Å². The van der Waals surface area contributed by atoms with Crippen molar-refractivity contribution in [1.82, 2.24) is 24.4 Å². The van der Waals surface area contributed by atoms with Crippen molar-refractivity contribution >= 4 is 10.9 Å². The first-order chi connectivity index (χ1) is 16.9. The molecule has 1 aliphatic rings. The zero-order valence-electron chi connectivity index (χ0n) is 21.4. The number of halogens is 3. The van der Waals surface area contributed by atoms with Crippen molar-refractivity contribution in [2.45, 2.75) is 45.3 Å². The average molecular weight is 502 g/mol. The Balaban J connectivity index is 1.78. The number of nitrogens with two attached hydrogens (primary N) is 2. The van der Waals surface area contributed by atoms with Gasteiger partial charge in [0, 0.05) is 57.2 Å². The SMILES string of the molecule is CCc1nc2ccc(C(C)(/C(=C/N)N(C)N)c3cnc(C)n3C)cc2cc1CN1CC(C(F)(F)F)C1. The second-order valence-electron chi connectivity index (χ2n) is 9.83. The molecule has 1 fully saturated rings. The fourth-order valence-corrected chi connectivity index (χ4v) is 5.19. The van der Waals surface area contributed by atoms with Gasteiger partial charge < -0.3 is 15.3 Å². The molecule has 4 rings (SSSR count). The Morgan fingerprint density at radius 2 is 1.94 bits per heavy atom. The van der Waals surface area contributed by atoms with E-state index >= 15 is 0 Å². The number of imidazole rings is 1. The molecule has 0 bridgehead atoms. The quantitative estimate of drug-likeness (QED) is 0.379. The number of fused-ring (bicyclic) bond motifs is 1. The smallest absolute Gasteiger partial charge is 0.394 e. The molecule has 1 atom stereocenters. The van der Waals surface area contributed by atoms with E-state index < -0.39 is 17.5 Å². The molecule has 1 unspecified atom stereocenters. The molecule has 1 aromatic carbocycles. The van der Waals surface area contributed by atoms with Gasteiger partial charge >= 0.3 is 6.18 Å². The van der Waals surface area contributed by atoms with E-state index in [1.807, 2.05) is 48.7 Å². The van der Waals surface area contributed by atoms with Gasteiger partial charge in [-0.25, -0.2) is 10.8 Å². The van der Waals surface area contributed by atoms with E-state index in [2.05, 4.69) is 24.0 Å². The Labute approximate surface area is 209 Å². The van der Waals surface area contributed by atoms with E-state index in [9.17, 15) is 13.2 Å². The van der Waals surface area contributed by atoms with E-state index in [1.54, 1.807) is 7.05 Å². The van der Waals surface area contributed by atoms with Crippen molar-refractivity contribution in [3.63, 3.8) is 0 Å². The van der Waals surface area contributed by atoms with Crippen molar-refractivity contribution in [2.24, 2.45) is 24.5 Å². The third kappa shape index (κ3) is 4.43. The molecule has 0 saturated carbocycles. The molecule has 36 heavy (non-hydrogen) atoms. The molecule has 2 aromatic heterocycles. The van der Waals surface area contributed by atoms with Gasteiger partial charge in [0.15, 0.2) is 0 Å². The number of aromatic nitrogens is 3. The molecule has 194 valence electrons. The van der Waals surface area contributed by atoms with Crippen LogP contribution in [0.15, 0.2) is 42.4 Å². The third-order valence-electron chi connectivity index (χ3n) is 7.49. The van der Waals surface area contributed by atoms with Gasteiger partial charge in [-0.1, -0.05) is 13.0 Å². The number of alkyl halides is 3. The maximum absolute atomic E-state index is 13.0. The van der Waals surface area contributed by atoms with Crippen LogP contribution in [0.25, 0.3) is 10.9 Å². The summed E-state index contributed by atoms with van der Waals surface area (Å²) in [6, 6.07) is 8.11. The zero-order chi connectivity index (χ0) is 26.4. The number of rotatable bonds is 7. The van der Waals surface area contributed by atoms with Crippen LogP contribution in [-0.2, 0) is 25.4 Å². The van der Waals surface area contributed by atoms with Gasteiger partial charge in [0.2, 0.25) is 0 Å². The predicted molar refractivity (Wildman–Crippen MR) is 135 cm³/mol. The number of hydrazine groups is 1. The Hall–Kier alpha value is -3.11. The van der Waals surface area contributed by atoms with Crippen LogP contribution < -0.4 is 11.6 Å². The molecule has 3 aromatic rings. The highest BCUT2D eigenvalue weighted by Gasteiger charge is 2.47. The summed E-state index contributed by atoms with van der Waals surface area (Å²) in [5.41, 5.74) is 10.6. The van der Waals surface area contributed by atoms with E-state index in [1.165, 1.54) is 11.2 Å². The summed E-state index contributed by atoms with van der Waals surface area (Å²) in [6.07, 6.45) is -0.0954. The first-order valence-corrected chi connectivity index (χ1v) is 12.0. The molecular formula is C26H34F3N7. The fourth-order valence-electron chi connectivity index (χ4n) is 5.19. The Bertz CT molecular complexity index is 1290. The fraction of sp³-hybridized carbons (Fsp3) is 0.462. The third-order valence-corrected chi connectivity index (χ3v) is 7.49. The second-order valence-corrected chi connectivity index (χ2v) is 9.83. The lowest BCUT2D eigenvalue weighted by atomic mass is 9.76. The van der Waals surface area contributed by atoms with Crippen molar-refractivity contribution in [1.29, 1.82) is 0 Å². The van der Waals surface area contributed by atoms with Crippen LogP contribution >= 0.6 is 0 Å². The first-order valence-electron chi connectivity index (χ1n) is 12.0. The van der Waals surface area contributed by atoms with Gasteiger partial charge in [-0.2, -0.15) is 13.2 Å². The highest BCUT2D eigenvalue weighted by molar-refractivity contribution is 5.81. The van der Waals surface area contributed by atoms with Gasteiger partial charge in [-0.05, 0) is 49.6 Å². The summed E-state index contributed by atoms with van der Waals surface area (Å²) in [5.74, 6) is 5.82. The Morgan fingerprint density at radius 3 is 2.47 bits per heavy atom. The number of aryl methyl sites for hydroxylation is 2. The zero-order valence-corrected chi connectivity index (χ0v) is 21.4. The molecule has 4 N–H and O–H groups in total. The predicted octanol–water partition coefficient (Wildman–Crippen LogP) is 3.74. The summed E-state index contributed by atoms with van der Waals surface area (Å²) >= 11 is 0. The van der Waals surface area contributed by atoms with E-state index in [-0.39, 0.29) is 13.1 Å². The van der Waals surface area contributed by atoms with Crippen LogP contribution in [0.3, 0.4) is 0 Å². The number of benzene rings is 1. The highest BCUT2D eigenvalue weighted by Crippen LogP contribution is 2.40. The van der Waals surface area contributed by atoms with Crippen molar-refractivity contribution in [2.75, 3.05) is 20.1 Å². The number of likely N-dealkylation sites (tertiary alicyclic amines) is 1. The van der Waals surface area contributed by atoms with Gasteiger partial charge in [0.05, 0.1) is 28.2 Å². The van der Waals surface area contributed by atoms with Gasteiger partial charge in [-0.3, -0.25) is 9.88 Å². The monoisotopic (exact) mass is 501 g/mol. The molecule has 3 heterocycles. The molecule has 1 aliphatic heterocycles. The molecular weight excluding hydrogens is 467 g/mol. The van der Waals surface area contributed by atoms with Gasteiger partial charge in [-0.15, -0.1) is 0 Å².